The van der Waals surface area contributed by atoms with Crippen LogP contribution in [0.25, 0.3) is 0 Å². The van der Waals surface area contributed by atoms with Crippen molar-refractivity contribution in [2.75, 3.05) is 20.1 Å². The maximum absolute atomic E-state index is 11.5. The van der Waals surface area contributed by atoms with Crippen LogP contribution in [-0.2, 0) is 4.74 Å². The third-order valence-corrected chi connectivity index (χ3v) is 5.81. The van der Waals surface area contributed by atoms with Crippen molar-refractivity contribution in [2.24, 2.45) is 0 Å². The van der Waals surface area contributed by atoms with Gasteiger partial charge in [-0.3, -0.25) is 15.4 Å². The van der Waals surface area contributed by atoms with Crippen molar-refractivity contribution >= 4 is 5.69 Å². The van der Waals surface area contributed by atoms with E-state index in [-0.39, 0.29) is 22.3 Å². The van der Waals surface area contributed by atoms with Gasteiger partial charge >= 0.3 is 0 Å². The second kappa shape index (κ2) is 7.38. The molecule has 27 heavy (non-hydrogen) atoms. The Hall–Kier alpha value is -2.28. The SMILES string of the molecule is CN1CCC2(CC1)C[C@H](c1ccccc1)N[C@H](c1ccccc1[N+](=O)[O-])O2. The summed E-state index contributed by atoms with van der Waals surface area (Å²) in [6.07, 6.45) is 2.26. The van der Waals surface area contributed by atoms with Gasteiger partial charge in [-0.1, -0.05) is 42.5 Å². The monoisotopic (exact) mass is 367 g/mol. The molecule has 0 unspecified atom stereocenters. The van der Waals surface area contributed by atoms with Crippen molar-refractivity contribution in [1.29, 1.82) is 0 Å². The third kappa shape index (κ3) is 3.74. The lowest BCUT2D eigenvalue weighted by Crippen LogP contribution is -2.53. The Bertz CT molecular complexity index is 803. The summed E-state index contributed by atoms with van der Waals surface area (Å²) >= 11 is 0. The zero-order valence-electron chi connectivity index (χ0n) is 15.5. The Balaban J connectivity index is 1.70. The van der Waals surface area contributed by atoms with E-state index >= 15 is 0 Å². The highest BCUT2D eigenvalue weighted by Gasteiger charge is 2.44. The van der Waals surface area contributed by atoms with E-state index in [9.17, 15) is 10.1 Å². The van der Waals surface area contributed by atoms with Gasteiger partial charge < -0.3 is 9.64 Å². The average molecular weight is 367 g/mol. The number of benzene rings is 2. The lowest BCUT2D eigenvalue weighted by atomic mass is 9.81. The number of nitrogens with zero attached hydrogens (tertiary/aromatic N) is 2. The van der Waals surface area contributed by atoms with Crippen LogP contribution in [0, 0.1) is 10.1 Å². The summed E-state index contributed by atoms with van der Waals surface area (Å²) in [5, 5.41) is 15.1. The Kier molecular flexibility index (Phi) is 4.95. The van der Waals surface area contributed by atoms with Crippen LogP contribution >= 0.6 is 0 Å². The minimum Gasteiger partial charge on any atom is -0.352 e. The molecule has 2 saturated heterocycles. The maximum atomic E-state index is 11.5. The molecule has 142 valence electrons. The van der Waals surface area contributed by atoms with E-state index in [0.717, 1.165) is 32.4 Å². The van der Waals surface area contributed by atoms with E-state index in [4.69, 9.17) is 4.74 Å². The van der Waals surface area contributed by atoms with Gasteiger partial charge in [-0.25, -0.2) is 0 Å². The number of ether oxygens (including phenoxy) is 1. The van der Waals surface area contributed by atoms with Crippen LogP contribution in [0.15, 0.2) is 54.6 Å². The summed E-state index contributed by atoms with van der Waals surface area (Å²) in [4.78, 5) is 13.5. The highest BCUT2D eigenvalue weighted by molar-refractivity contribution is 5.41. The second-order valence-corrected chi connectivity index (χ2v) is 7.63. The number of rotatable bonds is 3. The Morgan fingerprint density at radius 2 is 1.78 bits per heavy atom. The number of nitro benzene ring substituents is 1. The van der Waals surface area contributed by atoms with Crippen molar-refractivity contribution < 1.29 is 9.66 Å². The molecule has 2 aromatic rings. The van der Waals surface area contributed by atoms with Crippen molar-refractivity contribution in [3.63, 3.8) is 0 Å². The number of nitrogens with one attached hydrogen (secondary N) is 1. The molecule has 2 aromatic carbocycles. The third-order valence-electron chi connectivity index (χ3n) is 5.81. The van der Waals surface area contributed by atoms with E-state index in [1.165, 1.54) is 5.56 Å². The number of para-hydroxylation sites is 1. The first-order valence-electron chi connectivity index (χ1n) is 9.47. The highest BCUT2D eigenvalue weighted by atomic mass is 16.6. The molecular weight excluding hydrogens is 342 g/mol. The van der Waals surface area contributed by atoms with Gasteiger partial charge in [0.1, 0.15) is 6.23 Å². The molecule has 2 heterocycles. The van der Waals surface area contributed by atoms with Crippen molar-refractivity contribution in [3.8, 4) is 0 Å². The van der Waals surface area contributed by atoms with Gasteiger partial charge in [0.15, 0.2) is 0 Å². The topological polar surface area (TPSA) is 67.6 Å². The minimum absolute atomic E-state index is 0.104. The molecule has 4 rings (SSSR count). The van der Waals surface area contributed by atoms with Crippen LogP contribution in [-0.4, -0.2) is 35.6 Å². The molecule has 6 heteroatoms. The highest BCUT2D eigenvalue weighted by Crippen LogP contribution is 2.44. The van der Waals surface area contributed by atoms with Crippen LogP contribution in [0.2, 0.25) is 0 Å². The Labute approximate surface area is 159 Å². The molecule has 2 aliphatic rings. The van der Waals surface area contributed by atoms with Crippen molar-refractivity contribution in [1.82, 2.24) is 10.2 Å². The normalized spacial score (nSPS) is 25.4. The summed E-state index contributed by atoms with van der Waals surface area (Å²) in [6, 6.07) is 17.3. The second-order valence-electron chi connectivity index (χ2n) is 7.63. The summed E-state index contributed by atoms with van der Waals surface area (Å²) in [6.45, 7) is 1.95. The van der Waals surface area contributed by atoms with Gasteiger partial charge in [0.25, 0.3) is 5.69 Å². The molecule has 6 nitrogen and oxygen atoms in total. The van der Waals surface area contributed by atoms with Crippen LogP contribution in [0.1, 0.15) is 42.7 Å². The first-order chi connectivity index (χ1) is 13.1. The standard InChI is InChI=1S/C21H25N3O3/c1-23-13-11-21(12-14-23)15-18(16-7-3-2-4-8-16)22-20(27-21)17-9-5-6-10-19(17)24(25)26/h2-10,18,20,22H,11-15H2,1H3/t18-,20+/m1/s1. The van der Waals surface area contributed by atoms with Crippen molar-refractivity contribution in [2.45, 2.75) is 37.1 Å². The lowest BCUT2D eigenvalue weighted by Gasteiger charge is -2.49. The Morgan fingerprint density at radius 3 is 2.48 bits per heavy atom. The van der Waals surface area contributed by atoms with Crippen LogP contribution in [0.5, 0.6) is 0 Å². The molecule has 0 bridgehead atoms. The first-order valence-corrected chi connectivity index (χ1v) is 9.47. The number of hydrogen-bond donors (Lipinski definition) is 1. The number of likely N-dealkylation sites (tertiary alicyclic amines) is 1. The molecule has 2 fully saturated rings. The zero-order chi connectivity index (χ0) is 18.9. The first kappa shape index (κ1) is 18.1. The quantitative estimate of drug-likeness (QED) is 0.660. The smallest absolute Gasteiger partial charge is 0.276 e. The maximum Gasteiger partial charge on any atom is 0.276 e. The predicted molar refractivity (Wildman–Crippen MR) is 103 cm³/mol. The molecule has 0 radical (unpaired) electrons. The van der Waals surface area contributed by atoms with E-state index in [1.807, 2.05) is 24.3 Å². The van der Waals surface area contributed by atoms with Gasteiger partial charge in [-0.05, 0) is 37.9 Å². The largest absolute Gasteiger partial charge is 0.352 e. The fourth-order valence-corrected chi connectivity index (χ4v) is 4.22. The average Bonchev–Trinajstić information content (AvgIpc) is 2.71. The summed E-state index contributed by atoms with van der Waals surface area (Å²) in [7, 11) is 2.13. The summed E-state index contributed by atoms with van der Waals surface area (Å²) in [5.41, 5.74) is 1.64. The fourth-order valence-electron chi connectivity index (χ4n) is 4.22. The van der Waals surface area contributed by atoms with Crippen LogP contribution < -0.4 is 5.32 Å². The predicted octanol–water partition coefficient (Wildman–Crippen LogP) is 3.81. The molecule has 1 N–H and O–H groups in total. The van der Waals surface area contributed by atoms with Crippen molar-refractivity contribution in [3.05, 3.63) is 75.8 Å². The van der Waals surface area contributed by atoms with Crippen LogP contribution in [0.4, 0.5) is 5.69 Å². The Morgan fingerprint density at radius 1 is 1.11 bits per heavy atom. The molecule has 2 aliphatic heterocycles. The molecule has 0 amide bonds. The molecule has 2 atom stereocenters. The number of hydrogen-bond acceptors (Lipinski definition) is 5. The van der Waals surface area contributed by atoms with Gasteiger partial charge in [0.05, 0.1) is 16.1 Å². The van der Waals surface area contributed by atoms with E-state index in [0.29, 0.717) is 5.56 Å². The summed E-state index contributed by atoms with van der Waals surface area (Å²) in [5.74, 6) is 0. The van der Waals surface area contributed by atoms with Gasteiger partial charge in [0, 0.05) is 25.2 Å². The summed E-state index contributed by atoms with van der Waals surface area (Å²) < 4.78 is 6.55. The molecule has 0 aliphatic carbocycles. The van der Waals surface area contributed by atoms with Crippen LogP contribution in [0.3, 0.4) is 0 Å². The lowest BCUT2D eigenvalue weighted by molar-refractivity contribution is -0.386. The zero-order valence-corrected chi connectivity index (χ0v) is 15.5. The molecule has 0 saturated carbocycles. The van der Waals surface area contributed by atoms with E-state index in [2.05, 4.69) is 29.4 Å². The molecular formula is C21H25N3O3. The molecule has 0 aromatic heterocycles. The van der Waals surface area contributed by atoms with E-state index < -0.39 is 6.23 Å². The fraction of sp³-hybridized carbons (Fsp3) is 0.429. The molecule has 1 spiro atoms. The van der Waals surface area contributed by atoms with E-state index in [1.54, 1.807) is 18.2 Å². The number of piperidine rings is 1. The van der Waals surface area contributed by atoms with Gasteiger partial charge in [-0.2, -0.15) is 0 Å². The minimum atomic E-state index is -0.492. The number of nitro groups is 1. The van der Waals surface area contributed by atoms with Gasteiger partial charge in [0.2, 0.25) is 0 Å². The van der Waals surface area contributed by atoms with Gasteiger partial charge in [-0.15, -0.1) is 0 Å².